The van der Waals surface area contributed by atoms with E-state index in [2.05, 4.69) is 10.3 Å². The van der Waals surface area contributed by atoms with Gasteiger partial charge in [0.25, 0.3) is 5.91 Å². The van der Waals surface area contributed by atoms with E-state index in [1.807, 2.05) is 0 Å². The summed E-state index contributed by atoms with van der Waals surface area (Å²) < 4.78 is 4.83. The molecule has 14 heavy (non-hydrogen) atoms. The Kier molecular flexibility index (Phi) is 1.95. The van der Waals surface area contributed by atoms with E-state index in [4.69, 9.17) is 10.2 Å². The number of nitrogens with zero attached hydrogens (tertiary/aromatic N) is 1. The molecule has 3 N–H and O–H groups in total. The molecule has 2 rings (SSSR count). The molecule has 1 aliphatic rings. The number of aromatic nitrogens is 1. The van der Waals surface area contributed by atoms with Crippen LogP contribution >= 0.6 is 0 Å². The Morgan fingerprint density at radius 3 is 2.79 bits per heavy atom. The van der Waals surface area contributed by atoms with E-state index >= 15 is 0 Å². The maximum Gasteiger partial charge on any atom is 0.302 e. The number of carbonyl (C=O) groups excluding carboxylic acids is 2. The van der Waals surface area contributed by atoms with Crippen LogP contribution in [0.15, 0.2) is 10.7 Å². The Bertz CT molecular complexity index is 381. The average molecular weight is 195 g/mol. The largest absolute Gasteiger partial charge is 0.431 e. The second-order valence-corrected chi connectivity index (χ2v) is 3.17. The average Bonchev–Trinajstić information content (AvgIpc) is 2.87. The number of oxazole rings is 1. The minimum absolute atomic E-state index is 0.0103. The van der Waals surface area contributed by atoms with Crippen molar-refractivity contribution in [2.75, 3.05) is 5.32 Å². The summed E-state index contributed by atoms with van der Waals surface area (Å²) in [7, 11) is 0. The molecule has 1 aromatic rings. The van der Waals surface area contributed by atoms with Crippen LogP contribution in [-0.4, -0.2) is 16.8 Å². The molecule has 1 saturated carbocycles. The van der Waals surface area contributed by atoms with Crippen molar-refractivity contribution >= 4 is 17.8 Å². The maximum absolute atomic E-state index is 11.2. The number of rotatable bonds is 3. The molecule has 1 fully saturated rings. The molecule has 74 valence electrons. The Labute approximate surface area is 79.5 Å². The third-order valence-corrected chi connectivity index (χ3v) is 1.93. The van der Waals surface area contributed by atoms with E-state index in [-0.39, 0.29) is 23.5 Å². The van der Waals surface area contributed by atoms with Gasteiger partial charge in [-0.2, -0.15) is 4.98 Å². The smallest absolute Gasteiger partial charge is 0.302 e. The summed E-state index contributed by atoms with van der Waals surface area (Å²) >= 11 is 0. The highest BCUT2D eigenvalue weighted by molar-refractivity contribution is 5.94. The van der Waals surface area contributed by atoms with Gasteiger partial charge in [-0.1, -0.05) is 0 Å². The van der Waals surface area contributed by atoms with Crippen LogP contribution in [0.1, 0.15) is 23.3 Å². The summed E-state index contributed by atoms with van der Waals surface area (Å²) in [6.07, 6.45) is 2.91. The standard InChI is InChI=1S/C8H9N3O3/c9-6(12)5-3-14-8(10-5)11-7(13)4-1-2-4/h3-4H,1-2H2,(H2,9,12)(H,10,11,13). The summed E-state index contributed by atoms with van der Waals surface area (Å²) in [6, 6.07) is 0.0238. The van der Waals surface area contributed by atoms with Crippen LogP contribution in [0.5, 0.6) is 0 Å². The fraction of sp³-hybridized carbons (Fsp3) is 0.375. The van der Waals surface area contributed by atoms with Gasteiger partial charge in [-0.05, 0) is 12.8 Å². The van der Waals surface area contributed by atoms with E-state index in [1.165, 1.54) is 0 Å². The number of nitrogens with one attached hydrogen (secondary N) is 1. The van der Waals surface area contributed by atoms with Crippen LogP contribution in [-0.2, 0) is 4.79 Å². The van der Waals surface area contributed by atoms with Crippen molar-refractivity contribution in [1.82, 2.24) is 4.98 Å². The van der Waals surface area contributed by atoms with Crippen molar-refractivity contribution in [3.05, 3.63) is 12.0 Å². The van der Waals surface area contributed by atoms with Crippen LogP contribution in [0.25, 0.3) is 0 Å². The monoisotopic (exact) mass is 195 g/mol. The zero-order valence-electron chi connectivity index (χ0n) is 7.32. The van der Waals surface area contributed by atoms with E-state index in [9.17, 15) is 9.59 Å². The number of carbonyl (C=O) groups is 2. The van der Waals surface area contributed by atoms with Gasteiger partial charge in [0.1, 0.15) is 6.26 Å². The first-order chi connectivity index (χ1) is 6.66. The summed E-state index contributed by atoms with van der Waals surface area (Å²) in [5.41, 5.74) is 4.97. The predicted molar refractivity (Wildman–Crippen MR) is 46.4 cm³/mol. The molecule has 1 heterocycles. The van der Waals surface area contributed by atoms with Crippen LogP contribution in [0.4, 0.5) is 6.01 Å². The quantitative estimate of drug-likeness (QED) is 0.715. The highest BCUT2D eigenvalue weighted by Crippen LogP contribution is 2.29. The van der Waals surface area contributed by atoms with Crippen molar-refractivity contribution in [2.24, 2.45) is 11.7 Å². The Hall–Kier alpha value is -1.85. The first kappa shape index (κ1) is 8.74. The van der Waals surface area contributed by atoms with E-state index < -0.39 is 5.91 Å². The van der Waals surface area contributed by atoms with Crippen molar-refractivity contribution in [1.29, 1.82) is 0 Å². The molecule has 0 unspecified atom stereocenters. The van der Waals surface area contributed by atoms with E-state index in [0.717, 1.165) is 19.1 Å². The Balaban J connectivity index is 2.02. The summed E-state index contributed by atoms with van der Waals surface area (Å²) in [5, 5.41) is 2.45. The molecule has 1 aliphatic carbocycles. The van der Waals surface area contributed by atoms with Crippen LogP contribution in [0.3, 0.4) is 0 Å². The lowest BCUT2D eigenvalue weighted by molar-refractivity contribution is -0.117. The molecular weight excluding hydrogens is 186 g/mol. The molecule has 0 radical (unpaired) electrons. The normalized spacial score (nSPS) is 15.1. The summed E-state index contributed by atoms with van der Waals surface area (Å²) in [6.45, 7) is 0. The number of hydrogen-bond donors (Lipinski definition) is 2. The molecule has 0 atom stereocenters. The third kappa shape index (κ3) is 1.73. The SMILES string of the molecule is NC(=O)c1coc(NC(=O)C2CC2)n1. The zero-order chi connectivity index (χ0) is 10.1. The summed E-state index contributed by atoms with van der Waals surface area (Å²) in [5.74, 6) is -0.734. The van der Waals surface area contributed by atoms with E-state index in [0.29, 0.717) is 0 Å². The Morgan fingerprint density at radius 2 is 2.29 bits per heavy atom. The first-order valence-electron chi connectivity index (χ1n) is 4.23. The topological polar surface area (TPSA) is 98.2 Å². The Morgan fingerprint density at radius 1 is 1.57 bits per heavy atom. The van der Waals surface area contributed by atoms with Gasteiger partial charge in [-0.25, -0.2) is 0 Å². The minimum atomic E-state index is -0.680. The highest BCUT2D eigenvalue weighted by atomic mass is 16.4. The van der Waals surface area contributed by atoms with Crippen molar-refractivity contribution in [3.8, 4) is 0 Å². The lowest BCUT2D eigenvalue weighted by Crippen LogP contribution is -2.15. The van der Waals surface area contributed by atoms with Gasteiger partial charge in [0.15, 0.2) is 5.69 Å². The second-order valence-electron chi connectivity index (χ2n) is 3.17. The molecule has 0 aromatic carbocycles. The number of hydrogen-bond acceptors (Lipinski definition) is 4. The number of nitrogens with two attached hydrogens (primary N) is 1. The van der Waals surface area contributed by atoms with Gasteiger partial charge in [0.05, 0.1) is 0 Å². The van der Waals surface area contributed by atoms with Gasteiger partial charge in [0.2, 0.25) is 5.91 Å². The lowest BCUT2D eigenvalue weighted by atomic mass is 10.4. The van der Waals surface area contributed by atoms with Crippen LogP contribution < -0.4 is 11.1 Å². The number of amides is 2. The molecule has 0 bridgehead atoms. The van der Waals surface area contributed by atoms with Crippen molar-refractivity contribution in [3.63, 3.8) is 0 Å². The van der Waals surface area contributed by atoms with Gasteiger partial charge >= 0.3 is 6.01 Å². The number of anilines is 1. The zero-order valence-corrected chi connectivity index (χ0v) is 7.32. The summed E-state index contributed by atoms with van der Waals surface area (Å²) in [4.78, 5) is 25.5. The molecule has 2 amide bonds. The van der Waals surface area contributed by atoms with Gasteiger partial charge in [-0.15, -0.1) is 0 Å². The van der Waals surface area contributed by atoms with Crippen molar-refractivity contribution < 1.29 is 14.0 Å². The lowest BCUT2D eigenvalue weighted by Gasteiger charge is -1.95. The molecule has 6 heteroatoms. The highest BCUT2D eigenvalue weighted by Gasteiger charge is 2.30. The maximum atomic E-state index is 11.2. The molecular formula is C8H9N3O3. The molecule has 6 nitrogen and oxygen atoms in total. The third-order valence-electron chi connectivity index (χ3n) is 1.93. The van der Waals surface area contributed by atoms with Crippen LogP contribution in [0.2, 0.25) is 0 Å². The van der Waals surface area contributed by atoms with E-state index in [1.54, 1.807) is 0 Å². The van der Waals surface area contributed by atoms with Gasteiger partial charge in [-0.3, -0.25) is 14.9 Å². The number of primary amides is 1. The molecule has 0 aliphatic heterocycles. The van der Waals surface area contributed by atoms with Crippen molar-refractivity contribution in [2.45, 2.75) is 12.8 Å². The van der Waals surface area contributed by atoms with Gasteiger partial charge < -0.3 is 10.2 Å². The molecule has 1 aromatic heterocycles. The first-order valence-corrected chi connectivity index (χ1v) is 4.23. The fourth-order valence-electron chi connectivity index (χ4n) is 0.997. The predicted octanol–water partition coefficient (Wildman–Crippen LogP) is 0.122. The van der Waals surface area contributed by atoms with Gasteiger partial charge in [0, 0.05) is 5.92 Å². The fourth-order valence-corrected chi connectivity index (χ4v) is 0.997. The molecule has 0 saturated heterocycles. The van der Waals surface area contributed by atoms with Crippen LogP contribution in [0, 0.1) is 5.92 Å². The molecule has 0 spiro atoms. The minimum Gasteiger partial charge on any atom is -0.431 e. The second kappa shape index (κ2) is 3.13.